The number of thiol groups is 1. The van der Waals surface area contributed by atoms with Crippen molar-refractivity contribution < 1.29 is 22.6 Å². The van der Waals surface area contributed by atoms with Crippen molar-refractivity contribution in [3.63, 3.8) is 0 Å². The van der Waals surface area contributed by atoms with Gasteiger partial charge in [-0.2, -0.15) is 12.6 Å². The van der Waals surface area contributed by atoms with Crippen molar-refractivity contribution >= 4 is 12.6 Å². The van der Waals surface area contributed by atoms with E-state index in [1.807, 2.05) is 0 Å². The molecule has 0 heterocycles. The average molecular weight is 252 g/mol. The summed E-state index contributed by atoms with van der Waals surface area (Å²) in [6.07, 6.45) is -3.88. The molecule has 0 unspecified atom stereocenters. The predicted octanol–water partition coefficient (Wildman–Crippen LogP) is 3.28. The molecular formula is C10H11F3O2S. The topological polar surface area (TPSA) is 18.5 Å². The van der Waals surface area contributed by atoms with Crippen molar-refractivity contribution in [3.05, 3.63) is 24.3 Å². The van der Waals surface area contributed by atoms with E-state index < -0.39 is 6.36 Å². The highest BCUT2D eigenvalue weighted by Gasteiger charge is 2.30. The van der Waals surface area contributed by atoms with Crippen molar-refractivity contribution in [2.75, 3.05) is 12.4 Å². The first-order valence-electron chi connectivity index (χ1n) is 4.61. The molecule has 0 fully saturated rings. The Morgan fingerprint density at radius 1 is 1.06 bits per heavy atom. The Morgan fingerprint density at radius 2 is 1.62 bits per heavy atom. The molecule has 1 aromatic carbocycles. The molecule has 0 saturated heterocycles. The van der Waals surface area contributed by atoms with E-state index in [0.29, 0.717) is 18.1 Å². The third-order valence-electron chi connectivity index (χ3n) is 1.63. The van der Waals surface area contributed by atoms with Gasteiger partial charge < -0.3 is 9.47 Å². The van der Waals surface area contributed by atoms with E-state index in [0.717, 1.165) is 6.42 Å². The van der Waals surface area contributed by atoms with E-state index >= 15 is 0 Å². The van der Waals surface area contributed by atoms with E-state index in [4.69, 9.17) is 4.74 Å². The first-order chi connectivity index (χ1) is 7.51. The standard InChI is InChI=1S/C10H11F3O2S/c11-10(12,13)15-9-4-2-8(3-5-9)14-6-1-7-16/h2-5,16H,1,6-7H2. The Balaban J connectivity index is 2.48. The van der Waals surface area contributed by atoms with Gasteiger partial charge in [0.05, 0.1) is 6.61 Å². The summed E-state index contributed by atoms with van der Waals surface area (Å²) in [6.45, 7) is 0.489. The molecule has 0 spiro atoms. The zero-order valence-electron chi connectivity index (χ0n) is 8.33. The number of halogens is 3. The van der Waals surface area contributed by atoms with Gasteiger partial charge in [-0.3, -0.25) is 0 Å². The molecule has 0 radical (unpaired) electrons. The van der Waals surface area contributed by atoms with Crippen LogP contribution in [0.2, 0.25) is 0 Å². The number of hydrogen-bond acceptors (Lipinski definition) is 3. The summed E-state index contributed by atoms with van der Waals surface area (Å²) in [5, 5.41) is 0. The molecule has 1 aromatic rings. The second-order valence-corrected chi connectivity index (χ2v) is 3.39. The summed E-state index contributed by atoms with van der Waals surface area (Å²) in [5.41, 5.74) is 0. The molecule has 0 aliphatic heterocycles. The Bertz CT molecular complexity index is 311. The van der Waals surface area contributed by atoms with E-state index in [-0.39, 0.29) is 5.75 Å². The predicted molar refractivity (Wildman–Crippen MR) is 57.1 cm³/mol. The molecule has 6 heteroatoms. The van der Waals surface area contributed by atoms with Crippen LogP contribution in [0.1, 0.15) is 6.42 Å². The minimum atomic E-state index is -4.66. The highest BCUT2D eigenvalue weighted by atomic mass is 32.1. The second-order valence-electron chi connectivity index (χ2n) is 2.94. The van der Waals surface area contributed by atoms with Crippen LogP contribution >= 0.6 is 12.6 Å². The van der Waals surface area contributed by atoms with E-state index in [1.165, 1.54) is 24.3 Å². The van der Waals surface area contributed by atoms with Gasteiger partial charge >= 0.3 is 6.36 Å². The summed E-state index contributed by atoms with van der Waals surface area (Å²) in [5.74, 6) is 0.959. The normalized spacial score (nSPS) is 11.2. The van der Waals surface area contributed by atoms with E-state index in [1.54, 1.807) is 0 Å². The second kappa shape index (κ2) is 5.89. The summed E-state index contributed by atoms with van der Waals surface area (Å²) in [6, 6.07) is 5.28. The summed E-state index contributed by atoms with van der Waals surface area (Å²) >= 11 is 4.01. The molecule has 0 aliphatic rings. The molecule has 0 saturated carbocycles. The minimum Gasteiger partial charge on any atom is -0.494 e. The van der Waals surface area contributed by atoms with Crippen LogP contribution in [0.5, 0.6) is 11.5 Å². The third-order valence-corrected chi connectivity index (χ3v) is 1.94. The maximum Gasteiger partial charge on any atom is 0.573 e. The maximum absolute atomic E-state index is 11.8. The number of rotatable bonds is 5. The van der Waals surface area contributed by atoms with Crippen molar-refractivity contribution in [3.8, 4) is 11.5 Å². The molecule has 1 rings (SSSR count). The average Bonchev–Trinajstić information content (AvgIpc) is 2.19. The zero-order valence-corrected chi connectivity index (χ0v) is 9.22. The van der Waals surface area contributed by atoms with Gasteiger partial charge in [-0.15, -0.1) is 13.2 Å². The number of ether oxygens (including phenoxy) is 2. The molecule has 0 amide bonds. The Hall–Kier alpha value is -1.04. The van der Waals surface area contributed by atoms with Gasteiger partial charge in [0, 0.05) is 0 Å². The lowest BCUT2D eigenvalue weighted by molar-refractivity contribution is -0.274. The van der Waals surface area contributed by atoms with Crippen LogP contribution in [0.15, 0.2) is 24.3 Å². The molecule has 0 bridgehead atoms. The molecule has 90 valence electrons. The van der Waals surface area contributed by atoms with E-state index in [9.17, 15) is 13.2 Å². The lowest BCUT2D eigenvalue weighted by Crippen LogP contribution is -2.16. The smallest absolute Gasteiger partial charge is 0.494 e. The minimum absolute atomic E-state index is 0.256. The van der Waals surface area contributed by atoms with Crippen LogP contribution in [0.25, 0.3) is 0 Å². The van der Waals surface area contributed by atoms with Crippen molar-refractivity contribution in [1.82, 2.24) is 0 Å². The zero-order chi connectivity index (χ0) is 12.0. The Labute approximate surface area is 96.8 Å². The van der Waals surface area contributed by atoms with Crippen LogP contribution in [0.3, 0.4) is 0 Å². The Kier molecular flexibility index (Phi) is 4.79. The molecular weight excluding hydrogens is 241 g/mol. The molecule has 0 aromatic heterocycles. The highest BCUT2D eigenvalue weighted by molar-refractivity contribution is 7.80. The van der Waals surface area contributed by atoms with Crippen LogP contribution in [0, 0.1) is 0 Å². The lowest BCUT2D eigenvalue weighted by Gasteiger charge is -2.09. The number of alkyl halides is 3. The fourth-order valence-corrected chi connectivity index (χ4v) is 1.12. The van der Waals surface area contributed by atoms with Crippen LogP contribution in [0.4, 0.5) is 13.2 Å². The van der Waals surface area contributed by atoms with Crippen molar-refractivity contribution in [2.45, 2.75) is 12.8 Å². The van der Waals surface area contributed by atoms with Gasteiger partial charge in [-0.05, 0) is 36.4 Å². The molecule has 0 aliphatic carbocycles. The Morgan fingerprint density at radius 3 is 2.12 bits per heavy atom. The summed E-state index contributed by atoms with van der Waals surface area (Å²) in [4.78, 5) is 0. The van der Waals surface area contributed by atoms with E-state index in [2.05, 4.69) is 17.4 Å². The third kappa shape index (κ3) is 5.16. The summed E-state index contributed by atoms with van der Waals surface area (Å²) < 4.78 is 44.4. The van der Waals surface area contributed by atoms with Crippen LogP contribution < -0.4 is 9.47 Å². The van der Waals surface area contributed by atoms with Crippen molar-refractivity contribution in [1.29, 1.82) is 0 Å². The van der Waals surface area contributed by atoms with Crippen LogP contribution in [-0.2, 0) is 0 Å². The maximum atomic E-state index is 11.8. The molecule has 0 atom stereocenters. The number of hydrogen-bond donors (Lipinski definition) is 1. The van der Waals surface area contributed by atoms with Gasteiger partial charge in [0.25, 0.3) is 0 Å². The van der Waals surface area contributed by atoms with Gasteiger partial charge in [0.15, 0.2) is 0 Å². The largest absolute Gasteiger partial charge is 0.573 e. The number of benzene rings is 1. The van der Waals surface area contributed by atoms with Gasteiger partial charge in [-0.25, -0.2) is 0 Å². The lowest BCUT2D eigenvalue weighted by atomic mass is 10.3. The quantitative estimate of drug-likeness (QED) is 0.640. The first kappa shape index (κ1) is 13.0. The molecule has 0 N–H and O–H groups in total. The van der Waals surface area contributed by atoms with Gasteiger partial charge in [-0.1, -0.05) is 0 Å². The van der Waals surface area contributed by atoms with Gasteiger partial charge in [0.1, 0.15) is 11.5 Å². The van der Waals surface area contributed by atoms with Crippen LogP contribution in [-0.4, -0.2) is 18.7 Å². The fraction of sp³-hybridized carbons (Fsp3) is 0.400. The fourth-order valence-electron chi connectivity index (χ4n) is 0.992. The first-order valence-corrected chi connectivity index (χ1v) is 5.24. The van der Waals surface area contributed by atoms with Gasteiger partial charge in [0.2, 0.25) is 0 Å². The molecule has 16 heavy (non-hydrogen) atoms. The van der Waals surface area contributed by atoms with Crippen molar-refractivity contribution in [2.24, 2.45) is 0 Å². The highest BCUT2D eigenvalue weighted by Crippen LogP contribution is 2.24. The summed E-state index contributed by atoms with van der Waals surface area (Å²) in [7, 11) is 0. The SMILES string of the molecule is FC(F)(F)Oc1ccc(OCCCS)cc1. The monoisotopic (exact) mass is 252 g/mol. The molecule has 2 nitrogen and oxygen atoms in total.